The van der Waals surface area contributed by atoms with Crippen molar-refractivity contribution in [1.29, 1.82) is 0 Å². The van der Waals surface area contributed by atoms with E-state index in [1.807, 2.05) is 6.92 Å². The predicted octanol–water partition coefficient (Wildman–Crippen LogP) is 1.38. The summed E-state index contributed by atoms with van der Waals surface area (Å²) in [6.07, 6.45) is 3.69. The van der Waals surface area contributed by atoms with Crippen molar-refractivity contribution in [3.63, 3.8) is 0 Å². The summed E-state index contributed by atoms with van der Waals surface area (Å²) in [5.74, 6) is 2.25. The number of aliphatic hydroxyl groups excluding tert-OH is 1. The summed E-state index contributed by atoms with van der Waals surface area (Å²) in [6, 6.07) is 0. The van der Waals surface area contributed by atoms with Gasteiger partial charge in [0.1, 0.15) is 18.1 Å². The zero-order valence-electron chi connectivity index (χ0n) is 6.29. The summed E-state index contributed by atoms with van der Waals surface area (Å²) in [7, 11) is -0.275. The van der Waals surface area contributed by atoms with Crippen LogP contribution in [0.5, 0.6) is 0 Å². The van der Waals surface area contributed by atoms with Crippen LogP contribution in [0.15, 0.2) is 0 Å². The first kappa shape index (κ1) is 8.19. The maximum Gasteiger partial charge on any atom is 0.250 e. The van der Waals surface area contributed by atoms with Crippen molar-refractivity contribution >= 4 is 13.6 Å². The van der Waals surface area contributed by atoms with E-state index in [0.29, 0.717) is 0 Å². The molecule has 58 valence electrons. The minimum Gasteiger partial charge on any atom is -0.393 e. The maximum atomic E-state index is 8.67. The largest absolute Gasteiger partial charge is 0.393 e. The van der Waals surface area contributed by atoms with Gasteiger partial charge in [0.2, 0.25) is 7.77 Å². The second-order valence-corrected chi connectivity index (χ2v) is 4.42. The van der Waals surface area contributed by atoms with Crippen molar-refractivity contribution in [2.45, 2.75) is 25.9 Å². The van der Waals surface area contributed by atoms with E-state index >= 15 is 0 Å². The summed E-state index contributed by atoms with van der Waals surface area (Å²) >= 11 is 0. The lowest BCUT2D eigenvalue weighted by Crippen LogP contribution is -2.08. The van der Waals surface area contributed by atoms with Gasteiger partial charge in [0.25, 0.3) is 0 Å². The molecule has 1 N–H and O–H groups in total. The zero-order valence-corrected chi connectivity index (χ0v) is 7.18. The van der Waals surface area contributed by atoms with Gasteiger partial charge in [-0.3, -0.25) is 0 Å². The van der Waals surface area contributed by atoms with Crippen LogP contribution in [0.4, 0.5) is 0 Å². The van der Waals surface area contributed by atoms with E-state index in [-0.39, 0.29) is 20.5 Å². The molecule has 1 heterocycles. The van der Waals surface area contributed by atoms with Crippen molar-refractivity contribution in [2.24, 2.45) is 0 Å². The van der Waals surface area contributed by atoms with Crippen molar-refractivity contribution in [2.75, 3.05) is 12.8 Å². The molecule has 3 heteroatoms. The number of aliphatic hydroxyl groups is 1. The molecule has 0 fully saturated rings. The molecular formula is C7H14O2P+. The number of hydrogen-bond donors (Lipinski definition) is 1. The summed E-state index contributed by atoms with van der Waals surface area (Å²) in [5.41, 5.74) is 0. The van der Waals surface area contributed by atoms with E-state index in [1.54, 1.807) is 0 Å². The van der Waals surface area contributed by atoms with Gasteiger partial charge >= 0.3 is 0 Å². The summed E-state index contributed by atoms with van der Waals surface area (Å²) < 4.78 is 5.52. The van der Waals surface area contributed by atoms with E-state index in [9.17, 15) is 0 Å². The maximum absolute atomic E-state index is 8.67. The Morgan fingerprint density at radius 2 is 2.60 bits per heavy atom. The lowest BCUT2D eigenvalue weighted by atomic mass is 10.4. The third kappa shape index (κ3) is 2.37. The molecule has 0 radical (unpaired) electrons. The van der Waals surface area contributed by atoms with E-state index in [0.717, 1.165) is 0 Å². The van der Waals surface area contributed by atoms with Crippen LogP contribution in [0.2, 0.25) is 0 Å². The molecule has 0 saturated heterocycles. The SMILES string of the molecule is CC(CO)O[P+]1=CCCC1. The van der Waals surface area contributed by atoms with Crippen LogP contribution < -0.4 is 0 Å². The van der Waals surface area contributed by atoms with Crippen LogP contribution in [0.3, 0.4) is 0 Å². The Hall–Kier alpha value is 0.0900. The molecule has 0 saturated carbocycles. The standard InChI is InChI=1S/C7H14O2P/c1-7(6-8)9-10-4-2-3-5-10/h4,7-8H,2-3,5-6H2,1H3/q+1. The quantitative estimate of drug-likeness (QED) is 0.633. The van der Waals surface area contributed by atoms with Gasteiger partial charge in [0.05, 0.1) is 6.61 Å². The molecule has 1 rings (SSSR count). The Labute approximate surface area is 62.7 Å². The van der Waals surface area contributed by atoms with Gasteiger partial charge in [-0.2, -0.15) is 4.52 Å². The molecule has 1 aliphatic heterocycles. The van der Waals surface area contributed by atoms with Crippen molar-refractivity contribution in [1.82, 2.24) is 0 Å². The van der Waals surface area contributed by atoms with Crippen LogP contribution in [-0.2, 0) is 4.52 Å². The molecule has 0 bridgehead atoms. The Morgan fingerprint density at radius 1 is 1.80 bits per heavy atom. The van der Waals surface area contributed by atoms with Crippen LogP contribution in [-0.4, -0.2) is 29.8 Å². The molecule has 2 unspecified atom stereocenters. The summed E-state index contributed by atoms with van der Waals surface area (Å²) in [4.78, 5) is 0. The molecular weight excluding hydrogens is 147 g/mol. The van der Waals surface area contributed by atoms with Gasteiger partial charge in [-0.1, -0.05) is 0 Å². The second kappa shape index (κ2) is 4.07. The van der Waals surface area contributed by atoms with E-state index in [2.05, 4.69) is 5.80 Å². The molecule has 0 spiro atoms. The smallest absolute Gasteiger partial charge is 0.250 e. The number of rotatable bonds is 3. The van der Waals surface area contributed by atoms with Crippen LogP contribution in [0, 0.1) is 0 Å². The van der Waals surface area contributed by atoms with Gasteiger partial charge in [-0.05, 0) is 13.3 Å². The Balaban J connectivity index is 2.23. The average molecular weight is 161 g/mol. The van der Waals surface area contributed by atoms with E-state index in [4.69, 9.17) is 9.63 Å². The van der Waals surface area contributed by atoms with Crippen molar-refractivity contribution < 1.29 is 9.63 Å². The molecule has 1 aliphatic rings. The van der Waals surface area contributed by atoms with Crippen molar-refractivity contribution in [3.8, 4) is 0 Å². The second-order valence-electron chi connectivity index (χ2n) is 2.56. The first-order valence-corrected chi connectivity index (χ1v) is 5.22. The van der Waals surface area contributed by atoms with Crippen LogP contribution in [0.1, 0.15) is 19.8 Å². The zero-order chi connectivity index (χ0) is 7.40. The predicted molar refractivity (Wildman–Crippen MR) is 44.7 cm³/mol. The highest BCUT2D eigenvalue weighted by Gasteiger charge is 2.20. The number of hydrogen-bond acceptors (Lipinski definition) is 2. The lowest BCUT2D eigenvalue weighted by molar-refractivity contribution is 0.145. The van der Waals surface area contributed by atoms with E-state index < -0.39 is 0 Å². The monoisotopic (exact) mass is 161 g/mol. The molecule has 0 aliphatic carbocycles. The molecule has 2 atom stereocenters. The molecule has 0 aromatic heterocycles. The average Bonchev–Trinajstić information content (AvgIpc) is 2.40. The first-order chi connectivity index (χ1) is 4.83. The summed E-state index contributed by atoms with van der Waals surface area (Å²) in [5, 5.41) is 8.67. The fourth-order valence-electron chi connectivity index (χ4n) is 0.934. The highest BCUT2D eigenvalue weighted by Crippen LogP contribution is 2.32. The Bertz CT molecular complexity index is 134. The molecule has 10 heavy (non-hydrogen) atoms. The van der Waals surface area contributed by atoms with Gasteiger partial charge in [-0.15, -0.1) is 0 Å². The van der Waals surface area contributed by atoms with Gasteiger partial charge in [0.15, 0.2) is 0 Å². The molecule has 0 aromatic rings. The topological polar surface area (TPSA) is 29.5 Å². The minimum atomic E-state index is -0.275. The molecule has 2 nitrogen and oxygen atoms in total. The fourth-order valence-corrected chi connectivity index (χ4v) is 2.80. The fraction of sp³-hybridized carbons (Fsp3) is 0.857. The highest BCUT2D eigenvalue weighted by atomic mass is 31.1. The Morgan fingerprint density at radius 3 is 3.10 bits per heavy atom. The highest BCUT2D eigenvalue weighted by molar-refractivity contribution is 7.52. The van der Waals surface area contributed by atoms with Gasteiger partial charge in [0, 0.05) is 6.42 Å². The van der Waals surface area contributed by atoms with Crippen LogP contribution >= 0.6 is 7.77 Å². The van der Waals surface area contributed by atoms with E-state index in [1.165, 1.54) is 19.0 Å². The van der Waals surface area contributed by atoms with Crippen LogP contribution in [0.25, 0.3) is 0 Å². The minimum absolute atomic E-state index is 0.0282. The van der Waals surface area contributed by atoms with Crippen molar-refractivity contribution in [3.05, 3.63) is 0 Å². The third-order valence-electron chi connectivity index (χ3n) is 1.49. The van der Waals surface area contributed by atoms with Gasteiger partial charge < -0.3 is 5.11 Å². The first-order valence-electron chi connectivity index (χ1n) is 3.70. The third-order valence-corrected chi connectivity index (χ3v) is 3.54. The molecule has 0 amide bonds. The normalized spacial score (nSPS) is 24.4. The molecule has 0 aromatic carbocycles. The summed E-state index contributed by atoms with van der Waals surface area (Å²) in [6.45, 7) is 2.06. The lowest BCUT2D eigenvalue weighted by Gasteiger charge is -1.99. The Kier molecular flexibility index (Phi) is 3.33. The van der Waals surface area contributed by atoms with Gasteiger partial charge in [-0.25, -0.2) is 0 Å².